The fourth-order valence-electron chi connectivity index (χ4n) is 3.83. The standard InChI is InChI=1S/C20H30FN3O3/c1-23-7-9-24(10-8-23)6-5-19(26)22-20(15-11-16(25)12-15)14-3-4-18(27-2)17(21)13-14/h3-4,13,15-16,20,25H,5-12H2,1-2H3,(H,22,26)/t15?,16?,20-/m1/s1. The highest BCUT2D eigenvalue weighted by molar-refractivity contribution is 5.76. The maximum absolute atomic E-state index is 14.1. The summed E-state index contributed by atoms with van der Waals surface area (Å²) in [6.45, 7) is 4.73. The van der Waals surface area contributed by atoms with Crippen LogP contribution >= 0.6 is 0 Å². The van der Waals surface area contributed by atoms with Crippen LogP contribution in [0.4, 0.5) is 4.39 Å². The van der Waals surface area contributed by atoms with Gasteiger partial charge < -0.3 is 25.0 Å². The average Bonchev–Trinajstić information content (AvgIpc) is 2.63. The molecule has 1 atom stereocenters. The average molecular weight is 379 g/mol. The first-order chi connectivity index (χ1) is 13.0. The molecule has 1 aromatic rings. The maximum atomic E-state index is 14.1. The highest BCUT2D eigenvalue weighted by Crippen LogP contribution is 2.39. The number of halogens is 1. The van der Waals surface area contributed by atoms with Crippen LogP contribution in [0.1, 0.15) is 30.9 Å². The Balaban J connectivity index is 1.60. The molecule has 0 bridgehead atoms. The van der Waals surface area contributed by atoms with Crippen LogP contribution in [-0.4, -0.2) is 73.8 Å². The number of hydrogen-bond donors (Lipinski definition) is 2. The van der Waals surface area contributed by atoms with Crippen LogP contribution in [0.2, 0.25) is 0 Å². The van der Waals surface area contributed by atoms with E-state index in [0.717, 1.165) is 38.3 Å². The highest BCUT2D eigenvalue weighted by atomic mass is 19.1. The Morgan fingerprint density at radius 2 is 2.04 bits per heavy atom. The zero-order valence-electron chi connectivity index (χ0n) is 16.2. The van der Waals surface area contributed by atoms with Gasteiger partial charge in [0.25, 0.3) is 0 Å². The second kappa shape index (κ2) is 8.99. The van der Waals surface area contributed by atoms with Gasteiger partial charge in [-0.15, -0.1) is 0 Å². The number of piperazine rings is 1. The molecule has 1 saturated carbocycles. The summed E-state index contributed by atoms with van der Waals surface area (Å²) in [5, 5.41) is 12.7. The summed E-state index contributed by atoms with van der Waals surface area (Å²) in [6, 6.07) is 4.52. The second-order valence-electron chi connectivity index (χ2n) is 7.72. The van der Waals surface area contributed by atoms with Crippen LogP contribution < -0.4 is 10.1 Å². The predicted molar refractivity (Wildman–Crippen MR) is 101 cm³/mol. The van der Waals surface area contributed by atoms with E-state index in [1.54, 1.807) is 12.1 Å². The molecule has 1 aromatic carbocycles. The van der Waals surface area contributed by atoms with Gasteiger partial charge in [0.05, 0.1) is 19.3 Å². The molecule has 6 nitrogen and oxygen atoms in total. The fraction of sp³-hybridized carbons (Fsp3) is 0.650. The molecule has 1 heterocycles. The van der Waals surface area contributed by atoms with E-state index < -0.39 is 5.82 Å². The first-order valence-corrected chi connectivity index (χ1v) is 9.68. The smallest absolute Gasteiger partial charge is 0.221 e. The lowest BCUT2D eigenvalue weighted by molar-refractivity contribution is -0.123. The summed E-state index contributed by atoms with van der Waals surface area (Å²) in [6.07, 6.45) is 1.34. The maximum Gasteiger partial charge on any atom is 0.221 e. The Morgan fingerprint density at radius 3 is 2.63 bits per heavy atom. The number of hydrogen-bond acceptors (Lipinski definition) is 5. The van der Waals surface area contributed by atoms with E-state index in [9.17, 15) is 14.3 Å². The number of nitrogens with zero attached hydrogens (tertiary/aromatic N) is 2. The molecule has 1 aliphatic heterocycles. The van der Waals surface area contributed by atoms with Crippen LogP contribution in [0.15, 0.2) is 18.2 Å². The summed E-state index contributed by atoms with van der Waals surface area (Å²) in [5.74, 6) is -0.156. The topological polar surface area (TPSA) is 65.0 Å². The number of carbonyl (C=O) groups excluding carboxylic acids is 1. The molecule has 1 saturated heterocycles. The normalized spacial score (nSPS) is 24.9. The molecular formula is C20H30FN3O3. The second-order valence-corrected chi connectivity index (χ2v) is 7.72. The number of methoxy groups -OCH3 is 1. The molecule has 0 aromatic heterocycles. The van der Waals surface area contributed by atoms with Gasteiger partial charge in [-0.05, 0) is 43.5 Å². The van der Waals surface area contributed by atoms with Crippen molar-refractivity contribution in [2.24, 2.45) is 5.92 Å². The number of aliphatic hydroxyl groups is 1. The van der Waals surface area contributed by atoms with Gasteiger partial charge >= 0.3 is 0 Å². The van der Waals surface area contributed by atoms with Crippen molar-refractivity contribution >= 4 is 5.91 Å². The molecule has 2 aliphatic rings. The number of carbonyl (C=O) groups is 1. The van der Waals surface area contributed by atoms with E-state index in [-0.39, 0.29) is 29.7 Å². The van der Waals surface area contributed by atoms with Crippen molar-refractivity contribution in [1.29, 1.82) is 0 Å². The molecule has 0 unspecified atom stereocenters. The largest absolute Gasteiger partial charge is 0.494 e. The molecule has 7 heteroatoms. The summed E-state index contributed by atoms with van der Waals surface area (Å²) < 4.78 is 19.1. The third-order valence-electron chi connectivity index (χ3n) is 5.72. The van der Waals surface area contributed by atoms with E-state index in [4.69, 9.17) is 4.74 Å². The summed E-state index contributed by atoms with van der Waals surface area (Å²) in [4.78, 5) is 17.1. The van der Waals surface area contributed by atoms with E-state index in [1.165, 1.54) is 13.2 Å². The zero-order chi connectivity index (χ0) is 19.4. The van der Waals surface area contributed by atoms with Crippen LogP contribution in [0.3, 0.4) is 0 Å². The third-order valence-corrected chi connectivity index (χ3v) is 5.72. The Morgan fingerprint density at radius 1 is 1.33 bits per heavy atom. The lowest BCUT2D eigenvalue weighted by atomic mass is 9.75. The van der Waals surface area contributed by atoms with E-state index in [1.807, 2.05) is 0 Å². The van der Waals surface area contributed by atoms with Crippen molar-refractivity contribution in [3.8, 4) is 5.75 Å². The number of likely N-dealkylation sites (N-methyl/N-ethyl adjacent to an activating group) is 1. The number of amides is 1. The first kappa shape index (κ1) is 20.0. The summed E-state index contributed by atoms with van der Waals surface area (Å²) in [7, 11) is 3.54. The van der Waals surface area contributed by atoms with Gasteiger partial charge in [-0.25, -0.2) is 4.39 Å². The van der Waals surface area contributed by atoms with Gasteiger partial charge in [-0.3, -0.25) is 4.79 Å². The minimum atomic E-state index is -0.438. The molecule has 3 rings (SSSR count). The molecule has 1 amide bonds. The number of ether oxygens (including phenoxy) is 1. The third kappa shape index (κ3) is 5.18. The molecule has 27 heavy (non-hydrogen) atoms. The molecular weight excluding hydrogens is 349 g/mol. The van der Waals surface area contributed by atoms with Crippen LogP contribution in [0.5, 0.6) is 5.75 Å². The van der Waals surface area contributed by atoms with E-state index in [2.05, 4.69) is 22.2 Å². The number of benzene rings is 1. The monoisotopic (exact) mass is 379 g/mol. The van der Waals surface area contributed by atoms with Crippen molar-refractivity contribution in [1.82, 2.24) is 15.1 Å². The van der Waals surface area contributed by atoms with Crippen LogP contribution in [-0.2, 0) is 4.79 Å². The van der Waals surface area contributed by atoms with E-state index in [0.29, 0.717) is 19.3 Å². The molecule has 0 spiro atoms. The number of rotatable bonds is 7. The first-order valence-electron chi connectivity index (χ1n) is 9.68. The van der Waals surface area contributed by atoms with Crippen molar-refractivity contribution in [3.63, 3.8) is 0 Å². The summed E-state index contributed by atoms with van der Waals surface area (Å²) >= 11 is 0. The van der Waals surface area contributed by atoms with Crippen molar-refractivity contribution in [2.45, 2.75) is 31.4 Å². The van der Waals surface area contributed by atoms with Crippen molar-refractivity contribution < 1.29 is 19.0 Å². The zero-order valence-corrected chi connectivity index (χ0v) is 16.2. The lowest BCUT2D eigenvalue weighted by Crippen LogP contribution is -2.46. The number of nitrogens with one attached hydrogen (secondary N) is 1. The minimum absolute atomic E-state index is 0.0310. The molecule has 0 radical (unpaired) electrons. The van der Waals surface area contributed by atoms with Crippen LogP contribution in [0, 0.1) is 11.7 Å². The molecule has 150 valence electrons. The Labute approximate surface area is 160 Å². The lowest BCUT2D eigenvalue weighted by Gasteiger charge is -2.38. The highest BCUT2D eigenvalue weighted by Gasteiger charge is 2.36. The molecule has 2 fully saturated rings. The molecule has 2 N–H and O–H groups in total. The van der Waals surface area contributed by atoms with Gasteiger partial charge in [0.1, 0.15) is 0 Å². The Bertz CT molecular complexity index is 643. The summed E-state index contributed by atoms with van der Waals surface area (Å²) in [5.41, 5.74) is 0.721. The van der Waals surface area contributed by atoms with Gasteiger partial charge in [-0.2, -0.15) is 0 Å². The number of aliphatic hydroxyl groups excluding tert-OH is 1. The Hall–Kier alpha value is -1.70. The van der Waals surface area contributed by atoms with Gasteiger partial charge in [0, 0.05) is 39.1 Å². The van der Waals surface area contributed by atoms with Gasteiger partial charge in [0.2, 0.25) is 5.91 Å². The quantitative estimate of drug-likeness (QED) is 0.750. The SMILES string of the molecule is COc1ccc([C@@H](NC(=O)CCN2CCN(C)CC2)C2CC(O)C2)cc1F. The predicted octanol–water partition coefficient (Wildman–Crippen LogP) is 1.40. The van der Waals surface area contributed by atoms with Crippen LogP contribution in [0.25, 0.3) is 0 Å². The minimum Gasteiger partial charge on any atom is -0.494 e. The molecule has 1 aliphatic carbocycles. The fourth-order valence-corrected chi connectivity index (χ4v) is 3.83. The van der Waals surface area contributed by atoms with Crippen molar-refractivity contribution in [2.75, 3.05) is 46.9 Å². The Kier molecular flexibility index (Phi) is 6.68. The van der Waals surface area contributed by atoms with Gasteiger partial charge in [0.15, 0.2) is 11.6 Å². The van der Waals surface area contributed by atoms with Gasteiger partial charge in [-0.1, -0.05) is 6.07 Å². The van der Waals surface area contributed by atoms with E-state index >= 15 is 0 Å². The van der Waals surface area contributed by atoms with Crippen molar-refractivity contribution in [3.05, 3.63) is 29.6 Å².